The van der Waals surface area contributed by atoms with Gasteiger partial charge in [-0.25, -0.2) is 0 Å². The van der Waals surface area contributed by atoms with Crippen LogP contribution in [0.3, 0.4) is 0 Å². The third-order valence-corrected chi connectivity index (χ3v) is 5.54. The summed E-state index contributed by atoms with van der Waals surface area (Å²) in [6, 6.07) is 12.9. The van der Waals surface area contributed by atoms with Gasteiger partial charge < -0.3 is 19.3 Å². The Balaban J connectivity index is 1.58. The molecule has 0 spiro atoms. The minimum Gasteiger partial charge on any atom is -0.486 e. The molecule has 0 aromatic heterocycles. The van der Waals surface area contributed by atoms with Crippen molar-refractivity contribution in [2.24, 2.45) is 0 Å². The molecule has 0 amide bonds. The van der Waals surface area contributed by atoms with Crippen LogP contribution in [0.15, 0.2) is 36.4 Å². The lowest BCUT2D eigenvalue weighted by Gasteiger charge is -2.29. The molecule has 0 aliphatic carbocycles. The van der Waals surface area contributed by atoms with E-state index in [-0.39, 0.29) is 18.8 Å². The Kier molecular flexibility index (Phi) is 5.65. The van der Waals surface area contributed by atoms with Crippen molar-refractivity contribution in [2.45, 2.75) is 51.2 Å². The summed E-state index contributed by atoms with van der Waals surface area (Å²) < 4.78 is 17.5. The van der Waals surface area contributed by atoms with Gasteiger partial charge in [-0.1, -0.05) is 31.2 Å². The zero-order valence-corrected chi connectivity index (χ0v) is 15.9. The summed E-state index contributed by atoms with van der Waals surface area (Å²) in [7, 11) is 0. The SMILES string of the molecule is CCc1ccc([C@@H]2CCC[C@H](CO)O2)cc1Cc1ccc2c(c1)OCCO2. The molecule has 2 aromatic carbocycles. The van der Waals surface area contributed by atoms with E-state index in [9.17, 15) is 5.11 Å². The smallest absolute Gasteiger partial charge is 0.161 e. The Morgan fingerprint density at radius 2 is 1.81 bits per heavy atom. The van der Waals surface area contributed by atoms with Crippen LogP contribution in [-0.2, 0) is 17.6 Å². The second kappa shape index (κ2) is 8.32. The molecule has 4 heteroatoms. The van der Waals surface area contributed by atoms with Crippen molar-refractivity contribution < 1.29 is 19.3 Å². The second-order valence-electron chi connectivity index (χ2n) is 7.40. The zero-order valence-electron chi connectivity index (χ0n) is 15.9. The standard InChI is InChI=1S/C23H28O4/c1-2-17-7-8-18(21-5-3-4-20(15-24)27-21)14-19(17)12-16-6-9-22-23(13-16)26-11-10-25-22/h6-9,13-14,20-21,24H,2-5,10-12,15H2,1H3/t20-,21+/m1/s1. The van der Waals surface area contributed by atoms with Gasteiger partial charge in [0, 0.05) is 0 Å². The average Bonchev–Trinajstić information content (AvgIpc) is 2.73. The quantitative estimate of drug-likeness (QED) is 0.859. The Morgan fingerprint density at radius 3 is 2.63 bits per heavy atom. The van der Waals surface area contributed by atoms with Gasteiger partial charge in [-0.2, -0.15) is 0 Å². The first kappa shape index (κ1) is 18.3. The molecule has 0 bridgehead atoms. The number of aryl methyl sites for hydroxylation is 1. The molecule has 4 rings (SSSR count). The number of aliphatic hydroxyl groups is 1. The molecule has 1 N–H and O–H groups in total. The Hall–Kier alpha value is -2.04. The number of rotatable bonds is 5. The van der Waals surface area contributed by atoms with Gasteiger partial charge in [0.05, 0.1) is 18.8 Å². The lowest BCUT2D eigenvalue weighted by Crippen LogP contribution is -2.25. The minimum atomic E-state index is -0.0316. The van der Waals surface area contributed by atoms with Crippen LogP contribution >= 0.6 is 0 Å². The van der Waals surface area contributed by atoms with Crippen LogP contribution in [0, 0.1) is 0 Å². The fourth-order valence-electron chi connectivity index (χ4n) is 4.05. The molecular formula is C23H28O4. The molecule has 1 fully saturated rings. The van der Waals surface area contributed by atoms with Crippen molar-refractivity contribution in [1.82, 2.24) is 0 Å². The van der Waals surface area contributed by atoms with Gasteiger partial charge in [0.2, 0.25) is 0 Å². The lowest BCUT2D eigenvalue weighted by atomic mass is 9.92. The van der Waals surface area contributed by atoms with Gasteiger partial charge in [-0.3, -0.25) is 0 Å². The van der Waals surface area contributed by atoms with Crippen LogP contribution in [0.25, 0.3) is 0 Å². The first-order chi connectivity index (χ1) is 13.3. The van der Waals surface area contributed by atoms with Crippen LogP contribution in [0.1, 0.15) is 54.5 Å². The summed E-state index contributed by atoms with van der Waals surface area (Å²) in [5.41, 5.74) is 5.14. The van der Waals surface area contributed by atoms with Crippen LogP contribution in [0.2, 0.25) is 0 Å². The molecule has 1 saturated heterocycles. The molecule has 2 aliphatic rings. The second-order valence-corrected chi connectivity index (χ2v) is 7.40. The average molecular weight is 368 g/mol. The number of fused-ring (bicyclic) bond motifs is 1. The fourth-order valence-corrected chi connectivity index (χ4v) is 4.05. The first-order valence-electron chi connectivity index (χ1n) is 10.0. The molecule has 2 heterocycles. The third-order valence-electron chi connectivity index (χ3n) is 5.54. The Morgan fingerprint density at radius 1 is 0.963 bits per heavy atom. The molecule has 0 saturated carbocycles. The number of benzene rings is 2. The maximum Gasteiger partial charge on any atom is 0.161 e. The highest BCUT2D eigenvalue weighted by Crippen LogP contribution is 2.34. The van der Waals surface area contributed by atoms with E-state index in [2.05, 4.69) is 37.3 Å². The highest BCUT2D eigenvalue weighted by atomic mass is 16.6. The molecule has 0 unspecified atom stereocenters. The van der Waals surface area contributed by atoms with Gasteiger partial charge in [-0.15, -0.1) is 0 Å². The maximum atomic E-state index is 9.44. The third kappa shape index (κ3) is 4.12. The van der Waals surface area contributed by atoms with Crippen LogP contribution in [-0.4, -0.2) is 31.0 Å². The largest absolute Gasteiger partial charge is 0.486 e. The van der Waals surface area contributed by atoms with Gasteiger partial charge in [0.25, 0.3) is 0 Å². The van der Waals surface area contributed by atoms with Crippen molar-refractivity contribution in [2.75, 3.05) is 19.8 Å². The monoisotopic (exact) mass is 368 g/mol. The molecule has 2 aliphatic heterocycles. The molecule has 144 valence electrons. The predicted octanol–water partition coefficient (Wildman–Crippen LogP) is 4.21. The topological polar surface area (TPSA) is 47.9 Å². The molecule has 0 radical (unpaired) electrons. The number of ether oxygens (including phenoxy) is 3. The summed E-state index contributed by atoms with van der Waals surface area (Å²) in [5, 5.41) is 9.44. The van der Waals surface area contributed by atoms with Crippen molar-refractivity contribution in [3.63, 3.8) is 0 Å². The highest BCUT2D eigenvalue weighted by molar-refractivity contribution is 5.46. The predicted molar refractivity (Wildman–Crippen MR) is 105 cm³/mol. The number of hydrogen-bond acceptors (Lipinski definition) is 4. The first-order valence-corrected chi connectivity index (χ1v) is 10.0. The molecule has 2 atom stereocenters. The number of hydrogen-bond donors (Lipinski definition) is 1. The summed E-state index contributed by atoms with van der Waals surface area (Å²) in [4.78, 5) is 0. The highest BCUT2D eigenvalue weighted by Gasteiger charge is 2.23. The summed E-state index contributed by atoms with van der Waals surface area (Å²) in [6.07, 6.45) is 4.99. The fraction of sp³-hybridized carbons (Fsp3) is 0.478. The molecule has 27 heavy (non-hydrogen) atoms. The van der Waals surface area contributed by atoms with E-state index in [4.69, 9.17) is 14.2 Å². The van der Waals surface area contributed by atoms with Crippen molar-refractivity contribution in [3.05, 3.63) is 58.7 Å². The molecule has 2 aromatic rings. The molecule has 4 nitrogen and oxygen atoms in total. The lowest BCUT2D eigenvalue weighted by molar-refractivity contribution is -0.0737. The van der Waals surface area contributed by atoms with E-state index < -0.39 is 0 Å². The maximum absolute atomic E-state index is 9.44. The van der Waals surface area contributed by atoms with E-state index in [0.717, 1.165) is 43.6 Å². The van der Waals surface area contributed by atoms with Crippen LogP contribution < -0.4 is 9.47 Å². The van der Waals surface area contributed by atoms with Crippen molar-refractivity contribution in [3.8, 4) is 11.5 Å². The van der Waals surface area contributed by atoms with Crippen LogP contribution in [0.5, 0.6) is 11.5 Å². The van der Waals surface area contributed by atoms with E-state index in [0.29, 0.717) is 13.2 Å². The number of aliphatic hydroxyl groups excluding tert-OH is 1. The Bertz CT molecular complexity index is 786. The van der Waals surface area contributed by atoms with Crippen molar-refractivity contribution in [1.29, 1.82) is 0 Å². The minimum absolute atomic E-state index is 0.0316. The van der Waals surface area contributed by atoms with Gasteiger partial charge in [0.15, 0.2) is 11.5 Å². The van der Waals surface area contributed by atoms with E-state index in [1.165, 1.54) is 22.3 Å². The summed E-state index contributed by atoms with van der Waals surface area (Å²) in [5.74, 6) is 1.68. The van der Waals surface area contributed by atoms with Gasteiger partial charge in [-0.05, 0) is 66.5 Å². The summed E-state index contributed by atoms with van der Waals surface area (Å²) >= 11 is 0. The van der Waals surface area contributed by atoms with Crippen LogP contribution in [0.4, 0.5) is 0 Å². The normalized spacial score (nSPS) is 21.9. The summed E-state index contributed by atoms with van der Waals surface area (Å²) in [6.45, 7) is 3.52. The van der Waals surface area contributed by atoms with E-state index >= 15 is 0 Å². The zero-order chi connectivity index (χ0) is 18.6. The van der Waals surface area contributed by atoms with Gasteiger partial charge >= 0.3 is 0 Å². The van der Waals surface area contributed by atoms with E-state index in [1.54, 1.807) is 0 Å². The van der Waals surface area contributed by atoms with Crippen molar-refractivity contribution >= 4 is 0 Å². The Labute approximate surface area is 161 Å². The van der Waals surface area contributed by atoms with E-state index in [1.807, 2.05) is 6.07 Å². The molecular weight excluding hydrogens is 340 g/mol. The van der Waals surface area contributed by atoms with Gasteiger partial charge in [0.1, 0.15) is 13.2 Å².